The van der Waals surface area contributed by atoms with Crippen LogP contribution in [-0.2, 0) is 9.59 Å². The fourth-order valence-electron chi connectivity index (χ4n) is 3.41. The molecule has 1 amide bonds. The summed E-state index contributed by atoms with van der Waals surface area (Å²) in [6.07, 6.45) is 6.90. The fourth-order valence-corrected chi connectivity index (χ4v) is 3.41. The predicted octanol–water partition coefficient (Wildman–Crippen LogP) is 1.76. The van der Waals surface area contributed by atoms with Gasteiger partial charge in [-0.2, -0.15) is 0 Å². The smallest absolute Gasteiger partial charge is 0.303 e. The van der Waals surface area contributed by atoms with E-state index in [4.69, 9.17) is 5.11 Å². The lowest BCUT2D eigenvalue weighted by molar-refractivity contribution is -0.144. The standard InChI is InChI=1S/C15H26N2O3/c1-15(9-3-4-10-16-15)14(20)17-11-5-2-6-12(17)7-8-13(18)19/h12,16H,2-11H2,1H3,(H,18,19). The van der Waals surface area contributed by atoms with E-state index in [0.29, 0.717) is 6.42 Å². The maximum absolute atomic E-state index is 12.8. The van der Waals surface area contributed by atoms with E-state index in [-0.39, 0.29) is 18.4 Å². The maximum atomic E-state index is 12.8. The molecule has 2 atom stereocenters. The van der Waals surface area contributed by atoms with Crippen LogP contribution in [0.3, 0.4) is 0 Å². The average molecular weight is 282 g/mol. The molecule has 2 N–H and O–H groups in total. The summed E-state index contributed by atoms with van der Waals surface area (Å²) in [5.74, 6) is -0.600. The molecule has 0 aliphatic carbocycles. The number of hydrogen-bond donors (Lipinski definition) is 2. The van der Waals surface area contributed by atoms with E-state index in [1.165, 1.54) is 0 Å². The Morgan fingerprint density at radius 3 is 2.75 bits per heavy atom. The summed E-state index contributed by atoms with van der Waals surface area (Å²) in [5, 5.41) is 12.2. The summed E-state index contributed by atoms with van der Waals surface area (Å²) in [6, 6.07) is 0.105. The summed E-state index contributed by atoms with van der Waals surface area (Å²) in [6.45, 7) is 3.67. The van der Waals surface area contributed by atoms with Crippen LogP contribution in [0, 0.1) is 0 Å². The molecule has 0 radical (unpaired) electrons. The quantitative estimate of drug-likeness (QED) is 0.824. The Balaban J connectivity index is 2.02. The molecule has 5 heteroatoms. The molecule has 2 unspecified atom stereocenters. The number of nitrogens with zero attached hydrogens (tertiary/aromatic N) is 1. The van der Waals surface area contributed by atoms with Crippen molar-refractivity contribution in [2.45, 2.75) is 69.9 Å². The molecule has 20 heavy (non-hydrogen) atoms. The molecule has 2 aliphatic heterocycles. The van der Waals surface area contributed by atoms with Gasteiger partial charge in [0.15, 0.2) is 0 Å². The molecule has 2 heterocycles. The van der Waals surface area contributed by atoms with Gasteiger partial charge in [-0.1, -0.05) is 0 Å². The average Bonchev–Trinajstić information content (AvgIpc) is 2.45. The van der Waals surface area contributed by atoms with E-state index >= 15 is 0 Å². The minimum absolute atomic E-state index is 0.105. The van der Waals surface area contributed by atoms with Gasteiger partial charge < -0.3 is 15.3 Å². The van der Waals surface area contributed by atoms with E-state index in [0.717, 1.165) is 51.6 Å². The molecular formula is C15H26N2O3. The van der Waals surface area contributed by atoms with Gasteiger partial charge in [0.1, 0.15) is 0 Å². The molecule has 2 rings (SSSR count). The first-order valence-electron chi connectivity index (χ1n) is 7.81. The first kappa shape index (κ1) is 15.3. The van der Waals surface area contributed by atoms with E-state index in [2.05, 4.69) is 5.32 Å². The zero-order valence-corrected chi connectivity index (χ0v) is 12.4. The van der Waals surface area contributed by atoms with Crippen LogP contribution in [0.4, 0.5) is 0 Å². The largest absolute Gasteiger partial charge is 0.481 e. The number of carboxylic acids is 1. The van der Waals surface area contributed by atoms with Crippen LogP contribution in [0.2, 0.25) is 0 Å². The van der Waals surface area contributed by atoms with Crippen LogP contribution in [0.15, 0.2) is 0 Å². The van der Waals surface area contributed by atoms with Crippen LogP contribution in [-0.4, -0.2) is 46.6 Å². The first-order valence-corrected chi connectivity index (χ1v) is 7.81. The number of nitrogens with one attached hydrogen (secondary N) is 1. The number of likely N-dealkylation sites (tertiary alicyclic amines) is 1. The summed E-state index contributed by atoms with van der Waals surface area (Å²) < 4.78 is 0. The van der Waals surface area contributed by atoms with Crippen molar-refractivity contribution in [3.8, 4) is 0 Å². The third-order valence-electron chi connectivity index (χ3n) is 4.67. The molecule has 0 aromatic rings. The molecule has 0 spiro atoms. The van der Waals surface area contributed by atoms with Crippen LogP contribution in [0.25, 0.3) is 0 Å². The summed E-state index contributed by atoms with van der Waals surface area (Å²) in [5.41, 5.74) is -0.447. The number of hydrogen-bond acceptors (Lipinski definition) is 3. The maximum Gasteiger partial charge on any atom is 0.303 e. The monoisotopic (exact) mass is 282 g/mol. The van der Waals surface area contributed by atoms with Gasteiger partial charge in [-0.05, 0) is 58.4 Å². The van der Waals surface area contributed by atoms with Crippen LogP contribution in [0.5, 0.6) is 0 Å². The molecule has 0 aromatic heterocycles. The number of piperidine rings is 2. The number of amides is 1. The Kier molecular flexibility index (Phi) is 5.02. The number of carbonyl (C=O) groups excluding carboxylic acids is 1. The van der Waals surface area contributed by atoms with Gasteiger partial charge >= 0.3 is 5.97 Å². The van der Waals surface area contributed by atoms with Crippen molar-refractivity contribution in [2.24, 2.45) is 0 Å². The van der Waals surface area contributed by atoms with Gasteiger partial charge in [0.2, 0.25) is 5.91 Å². The Labute approximate surface area is 120 Å². The third-order valence-corrected chi connectivity index (χ3v) is 4.67. The topological polar surface area (TPSA) is 69.6 Å². The molecular weight excluding hydrogens is 256 g/mol. The number of rotatable bonds is 4. The van der Waals surface area contributed by atoms with E-state index < -0.39 is 11.5 Å². The zero-order chi connectivity index (χ0) is 14.6. The Hall–Kier alpha value is -1.10. The lowest BCUT2D eigenvalue weighted by atomic mass is 9.87. The minimum Gasteiger partial charge on any atom is -0.481 e. The van der Waals surface area contributed by atoms with Crippen molar-refractivity contribution in [3.63, 3.8) is 0 Å². The van der Waals surface area contributed by atoms with Gasteiger partial charge in [0.25, 0.3) is 0 Å². The van der Waals surface area contributed by atoms with Crippen LogP contribution in [0.1, 0.15) is 58.3 Å². The van der Waals surface area contributed by atoms with Crippen molar-refractivity contribution in [1.29, 1.82) is 0 Å². The SMILES string of the molecule is CC1(C(=O)N2CCCCC2CCC(=O)O)CCCCN1. The molecule has 0 saturated carbocycles. The third kappa shape index (κ3) is 3.51. The van der Waals surface area contributed by atoms with Crippen molar-refractivity contribution < 1.29 is 14.7 Å². The van der Waals surface area contributed by atoms with E-state index in [1.54, 1.807) is 0 Å². The number of carboxylic acid groups (broad SMARTS) is 1. The highest BCUT2D eigenvalue weighted by Crippen LogP contribution is 2.27. The van der Waals surface area contributed by atoms with Gasteiger partial charge in [-0.25, -0.2) is 0 Å². The van der Waals surface area contributed by atoms with E-state index in [9.17, 15) is 9.59 Å². The molecule has 2 fully saturated rings. The molecule has 5 nitrogen and oxygen atoms in total. The molecule has 114 valence electrons. The fraction of sp³-hybridized carbons (Fsp3) is 0.867. The normalized spacial score (nSPS) is 31.1. The Morgan fingerprint density at radius 1 is 1.30 bits per heavy atom. The first-order chi connectivity index (χ1) is 9.53. The predicted molar refractivity (Wildman–Crippen MR) is 76.5 cm³/mol. The highest BCUT2D eigenvalue weighted by atomic mass is 16.4. The van der Waals surface area contributed by atoms with Gasteiger partial charge in [0.05, 0.1) is 5.54 Å². The lowest BCUT2D eigenvalue weighted by Crippen LogP contribution is -2.60. The Bertz CT molecular complexity index is 364. The second kappa shape index (κ2) is 6.57. The summed E-state index contributed by atoms with van der Waals surface area (Å²) in [4.78, 5) is 25.6. The van der Waals surface area contributed by atoms with E-state index in [1.807, 2.05) is 11.8 Å². The van der Waals surface area contributed by atoms with Crippen LogP contribution < -0.4 is 5.32 Å². The number of carbonyl (C=O) groups is 2. The second-order valence-electron chi connectivity index (χ2n) is 6.30. The molecule has 2 saturated heterocycles. The molecule has 0 bridgehead atoms. The molecule has 0 aromatic carbocycles. The number of aliphatic carboxylic acids is 1. The zero-order valence-electron chi connectivity index (χ0n) is 12.4. The van der Waals surface area contributed by atoms with Gasteiger partial charge in [0, 0.05) is 19.0 Å². The summed E-state index contributed by atoms with van der Waals surface area (Å²) >= 11 is 0. The van der Waals surface area contributed by atoms with Crippen molar-refractivity contribution in [1.82, 2.24) is 10.2 Å². The summed E-state index contributed by atoms with van der Waals surface area (Å²) in [7, 11) is 0. The highest BCUT2D eigenvalue weighted by molar-refractivity contribution is 5.86. The highest BCUT2D eigenvalue weighted by Gasteiger charge is 2.40. The lowest BCUT2D eigenvalue weighted by Gasteiger charge is -2.43. The molecule has 2 aliphatic rings. The Morgan fingerprint density at radius 2 is 2.10 bits per heavy atom. The van der Waals surface area contributed by atoms with Gasteiger partial charge in [-0.15, -0.1) is 0 Å². The van der Waals surface area contributed by atoms with Crippen molar-refractivity contribution in [2.75, 3.05) is 13.1 Å². The van der Waals surface area contributed by atoms with Crippen molar-refractivity contribution in [3.05, 3.63) is 0 Å². The minimum atomic E-state index is -0.773. The second-order valence-corrected chi connectivity index (χ2v) is 6.30. The van der Waals surface area contributed by atoms with Crippen molar-refractivity contribution >= 4 is 11.9 Å². The van der Waals surface area contributed by atoms with Gasteiger partial charge in [-0.3, -0.25) is 9.59 Å². The van der Waals surface area contributed by atoms with Crippen LogP contribution >= 0.6 is 0 Å².